The molecule has 32 heavy (non-hydrogen) atoms. The van der Waals surface area contributed by atoms with Crippen LogP contribution >= 0.6 is 11.3 Å². The maximum atomic E-state index is 13.4. The maximum Gasteiger partial charge on any atom is 0.337 e. The highest BCUT2D eigenvalue weighted by atomic mass is 32.1. The van der Waals surface area contributed by atoms with Crippen molar-refractivity contribution in [3.05, 3.63) is 60.8 Å². The summed E-state index contributed by atoms with van der Waals surface area (Å²) < 4.78 is 13.1. The third-order valence-corrected chi connectivity index (χ3v) is 7.18. The van der Waals surface area contributed by atoms with Gasteiger partial charge < -0.3 is 14.4 Å². The first-order chi connectivity index (χ1) is 15.6. The Labute approximate surface area is 190 Å². The molecule has 2 aromatic rings. The van der Waals surface area contributed by atoms with E-state index in [1.807, 2.05) is 25.1 Å². The van der Waals surface area contributed by atoms with Crippen LogP contribution in [0, 0.1) is 5.92 Å². The number of esters is 1. The first kappa shape index (κ1) is 21.2. The predicted octanol–water partition coefficient (Wildman–Crippen LogP) is 2.00. The summed E-state index contributed by atoms with van der Waals surface area (Å²) in [7, 11) is 0. The molecule has 3 heterocycles. The molecule has 5 rings (SSSR count). The van der Waals surface area contributed by atoms with Gasteiger partial charge in [-0.25, -0.2) is 9.79 Å². The van der Waals surface area contributed by atoms with Gasteiger partial charge in [-0.1, -0.05) is 23.5 Å². The van der Waals surface area contributed by atoms with E-state index in [-0.39, 0.29) is 23.5 Å². The lowest BCUT2D eigenvalue weighted by Gasteiger charge is -2.28. The summed E-state index contributed by atoms with van der Waals surface area (Å²) in [4.78, 5) is 33.6. The van der Waals surface area contributed by atoms with Crippen molar-refractivity contribution in [3.63, 3.8) is 0 Å². The monoisotopic (exact) mass is 453 g/mol. The fourth-order valence-corrected chi connectivity index (χ4v) is 5.50. The Morgan fingerprint density at radius 2 is 1.97 bits per heavy atom. The number of rotatable bonds is 5. The second-order valence-electron chi connectivity index (χ2n) is 8.37. The Balaban J connectivity index is 1.50. The van der Waals surface area contributed by atoms with Crippen molar-refractivity contribution in [3.8, 4) is 0 Å². The van der Waals surface area contributed by atoms with Gasteiger partial charge in [0.15, 0.2) is 4.80 Å². The smallest absolute Gasteiger partial charge is 0.337 e. The fourth-order valence-electron chi connectivity index (χ4n) is 4.45. The second-order valence-corrected chi connectivity index (χ2v) is 9.38. The number of morpholine rings is 1. The van der Waals surface area contributed by atoms with Gasteiger partial charge in [-0.2, -0.15) is 0 Å². The van der Waals surface area contributed by atoms with Crippen molar-refractivity contribution in [2.45, 2.75) is 32.7 Å². The van der Waals surface area contributed by atoms with Gasteiger partial charge >= 0.3 is 5.97 Å². The van der Waals surface area contributed by atoms with E-state index in [4.69, 9.17) is 9.47 Å². The average Bonchev–Trinajstić information content (AvgIpc) is 3.60. The summed E-state index contributed by atoms with van der Waals surface area (Å²) in [6.45, 7) is 7.21. The zero-order valence-corrected chi connectivity index (χ0v) is 19.2. The molecule has 7 nitrogen and oxygen atoms in total. The Morgan fingerprint density at radius 1 is 1.25 bits per heavy atom. The number of hydrogen-bond donors (Lipinski definition) is 0. The summed E-state index contributed by atoms with van der Waals surface area (Å²) in [6.07, 6.45) is 3.93. The summed E-state index contributed by atoms with van der Waals surface area (Å²) >= 11 is 1.38. The van der Waals surface area contributed by atoms with Crippen LogP contribution in [0.4, 0.5) is 5.69 Å². The third kappa shape index (κ3) is 3.93. The first-order valence-electron chi connectivity index (χ1n) is 11.2. The van der Waals surface area contributed by atoms with Gasteiger partial charge in [0.2, 0.25) is 0 Å². The molecule has 1 unspecified atom stereocenters. The molecule has 2 aliphatic heterocycles. The standard InChI is InChI=1S/C24H27N3O4S/c1-3-31-23(29)20-15(2)25-24-27(21(20)17-6-7-17)22(28)19(32-24)14-16-4-8-18(9-5-16)26-10-12-30-13-11-26/h4-5,8-9,14,17,21H,3,6-7,10-13H2,1-2H3/b19-14-. The minimum Gasteiger partial charge on any atom is -0.463 e. The van der Waals surface area contributed by atoms with E-state index in [2.05, 4.69) is 22.0 Å². The van der Waals surface area contributed by atoms with Crippen LogP contribution in [0.2, 0.25) is 0 Å². The highest BCUT2D eigenvalue weighted by molar-refractivity contribution is 7.07. The summed E-state index contributed by atoms with van der Waals surface area (Å²) in [6, 6.07) is 7.97. The number of aromatic nitrogens is 1. The van der Waals surface area contributed by atoms with Crippen LogP contribution in [-0.2, 0) is 14.3 Å². The maximum absolute atomic E-state index is 13.4. The number of anilines is 1. The van der Waals surface area contributed by atoms with Gasteiger partial charge in [0.05, 0.1) is 41.7 Å². The molecule has 1 saturated carbocycles. The Bertz CT molecular complexity index is 1230. The van der Waals surface area contributed by atoms with Crippen molar-refractivity contribution in [2.75, 3.05) is 37.8 Å². The molecule has 1 atom stereocenters. The van der Waals surface area contributed by atoms with Gasteiger partial charge in [-0.05, 0) is 56.4 Å². The number of thiazole rings is 1. The van der Waals surface area contributed by atoms with Crippen LogP contribution in [0.15, 0.2) is 45.3 Å². The number of nitrogens with zero attached hydrogens (tertiary/aromatic N) is 3. The molecular weight excluding hydrogens is 426 g/mol. The fraction of sp³-hybridized carbons (Fsp3) is 0.458. The van der Waals surface area contributed by atoms with E-state index < -0.39 is 0 Å². The van der Waals surface area contributed by atoms with E-state index in [1.165, 1.54) is 11.3 Å². The SMILES string of the molecule is CCOC(=O)C1=C(C)N=c2s/c(=C\c3ccc(N4CCOCC4)cc3)c(=O)n2C1C1CC1. The van der Waals surface area contributed by atoms with Crippen LogP contribution in [0.3, 0.4) is 0 Å². The largest absolute Gasteiger partial charge is 0.463 e. The molecular formula is C24H27N3O4S. The summed E-state index contributed by atoms with van der Waals surface area (Å²) in [5.74, 6) is -0.0785. The van der Waals surface area contributed by atoms with Gasteiger partial charge in [0.1, 0.15) is 0 Å². The van der Waals surface area contributed by atoms with E-state index >= 15 is 0 Å². The van der Waals surface area contributed by atoms with E-state index in [9.17, 15) is 9.59 Å². The molecule has 0 spiro atoms. The lowest BCUT2D eigenvalue weighted by molar-refractivity contribution is -0.139. The van der Waals surface area contributed by atoms with Crippen LogP contribution in [0.1, 0.15) is 38.3 Å². The number of carbonyl (C=O) groups excluding carboxylic acids is 1. The van der Waals surface area contributed by atoms with Gasteiger partial charge in [0.25, 0.3) is 5.56 Å². The molecule has 168 valence electrons. The highest BCUT2D eigenvalue weighted by Gasteiger charge is 2.42. The molecule has 1 aromatic heterocycles. The quantitative estimate of drug-likeness (QED) is 0.648. The van der Waals surface area contributed by atoms with Crippen molar-refractivity contribution in [2.24, 2.45) is 10.9 Å². The lowest BCUT2D eigenvalue weighted by Crippen LogP contribution is -2.40. The average molecular weight is 454 g/mol. The highest BCUT2D eigenvalue weighted by Crippen LogP contribution is 2.44. The Morgan fingerprint density at radius 3 is 2.62 bits per heavy atom. The molecule has 3 aliphatic rings. The van der Waals surface area contributed by atoms with E-state index in [1.54, 1.807) is 11.5 Å². The Kier molecular flexibility index (Phi) is 5.73. The predicted molar refractivity (Wildman–Crippen MR) is 123 cm³/mol. The molecule has 0 radical (unpaired) electrons. The summed E-state index contributed by atoms with van der Waals surface area (Å²) in [5, 5.41) is 0. The van der Waals surface area contributed by atoms with Gasteiger partial charge in [-0.15, -0.1) is 0 Å². The van der Waals surface area contributed by atoms with Crippen LogP contribution in [-0.4, -0.2) is 43.4 Å². The molecule has 1 aromatic carbocycles. The topological polar surface area (TPSA) is 73.1 Å². The van der Waals surface area contributed by atoms with Gasteiger partial charge in [0, 0.05) is 18.8 Å². The number of fused-ring (bicyclic) bond motifs is 1. The van der Waals surface area contributed by atoms with Crippen LogP contribution in [0.5, 0.6) is 0 Å². The van der Waals surface area contributed by atoms with Crippen LogP contribution in [0.25, 0.3) is 6.08 Å². The summed E-state index contributed by atoms with van der Waals surface area (Å²) in [5.41, 5.74) is 3.23. The molecule has 1 saturated heterocycles. The van der Waals surface area contributed by atoms with Gasteiger partial charge in [-0.3, -0.25) is 9.36 Å². The van der Waals surface area contributed by atoms with Crippen LogP contribution < -0.4 is 19.8 Å². The van der Waals surface area contributed by atoms with Crippen molar-refractivity contribution < 1.29 is 14.3 Å². The second kappa shape index (κ2) is 8.67. The third-order valence-electron chi connectivity index (χ3n) is 6.19. The molecule has 0 amide bonds. The molecule has 1 aliphatic carbocycles. The number of carbonyl (C=O) groups is 1. The minimum atomic E-state index is -0.362. The van der Waals surface area contributed by atoms with Crippen molar-refractivity contribution in [1.82, 2.24) is 4.57 Å². The number of hydrogen-bond acceptors (Lipinski definition) is 7. The van der Waals surface area contributed by atoms with Crippen molar-refractivity contribution in [1.29, 1.82) is 0 Å². The normalized spacial score (nSPS) is 21.4. The molecule has 0 N–H and O–H groups in total. The minimum absolute atomic E-state index is 0.0859. The zero-order valence-electron chi connectivity index (χ0n) is 18.4. The number of ether oxygens (including phenoxy) is 2. The van der Waals surface area contributed by atoms with Crippen molar-refractivity contribution >= 4 is 29.1 Å². The molecule has 0 bridgehead atoms. The number of benzene rings is 1. The Hall–Kier alpha value is -2.71. The van der Waals surface area contributed by atoms with E-state index in [0.717, 1.165) is 50.4 Å². The molecule has 8 heteroatoms. The lowest BCUT2D eigenvalue weighted by atomic mass is 9.99. The first-order valence-corrected chi connectivity index (χ1v) is 12.0. The van der Waals surface area contributed by atoms with E-state index in [0.29, 0.717) is 27.2 Å². The molecule has 2 fully saturated rings. The zero-order chi connectivity index (χ0) is 22.2. The number of allylic oxidation sites excluding steroid dienone is 1.